The summed E-state index contributed by atoms with van der Waals surface area (Å²) in [6, 6.07) is 11.0. The van der Waals surface area contributed by atoms with Crippen LogP contribution in [0.4, 0.5) is 11.4 Å². The lowest BCUT2D eigenvalue weighted by molar-refractivity contribution is -0.384. The molecule has 1 aliphatic heterocycles. The quantitative estimate of drug-likeness (QED) is 0.629. The molecule has 1 saturated heterocycles. The molecule has 0 radical (unpaired) electrons. The first-order valence-electron chi connectivity index (χ1n) is 8.44. The Bertz CT molecular complexity index is 798. The van der Waals surface area contributed by atoms with Gasteiger partial charge in [-0.05, 0) is 49.6 Å². The number of nitrogens with zero attached hydrogens (tertiary/aromatic N) is 1. The summed E-state index contributed by atoms with van der Waals surface area (Å²) in [5.74, 6) is 0.224. The number of ether oxygens (including phenoxy) is 2. The van der Waals surface area contributed by atoms with Gasteiger partial charge in [0.05, 0.1) is 16.7 Å². The van der Waals surface area contributed by atoms with Gasteiger partial charge in [0.25, 0.3) is 11.6 Å². The summed E-state index contributed by atoms with van der Waals surface area (Å²) >= 11 is 0. The van der Waals surface area contributed by atoms with E-state index in [0.29, 0.717) is 23.6 Å². The number of hydrogen-bond acceptors (Lipinski definition) is 5. The van der Waals surface area contributed by atoms with Crippen molar-refractivity contribution >= 4 is 17.3 Å². The van der Waals surface area contributed by atoms with E-state index >= 15 is 0 Å². The Morgan fingerprint density at radius 1 is 1.31 bits per heavy atom. The molecular formula is C19H20N2O5. The van der Waals surface area contributed by atoms with E-state index in [4.69, 9.17) is 9.47 Å². The predicted octanol–water partition coefficient (Wildman–Crippen LogP) is 3.71. The molecule has 26 heavy (non-hydrogen) atoms. The van der Waals surface area contributed by atoms with Crippen LogP contribution in [-0.2, 0) is 4.74 Å². The largest absolute Gasteiger partial charge is 0.489 e. The molecular weight excluding hydrogens is 336 g/mol. The molecule has 7 nitrogen and oxygen atoms in total. The van der Waals surface area contributed by atoms with E-state index in [1.54, 1.807) is 6.07 Å². The molecule has 1 unspecified atom stereocenters. The molecule has 0 saturated carbocycles. The highest BCUT2D eigenvalue weighted by atomic mass is 16.6. The van der Waals surface area contributed by atoms with E-state index in [1.807, 2.05) is 19.1 Å². The van der Waals surface area contributed by atoms with Gasteiger partial charge in [-0.2, -0.15) is 0 Å². The second-order valence-electron chi connectivity index (χ2n) is 6.20. The summed E-state index contributed by atoms with van der Waals surface area (Å²) in [5, 5.41) is 13.5. The number of aryl methyl sites for hydroxylation is 1. The average Bonchev–Trinajstić information content (AvgIpc) is 3.15. The van der Waals surface area contributed by atoms with Crippen molar-refractivity contribution in [2.24, 2.45) is 0 Å². The van der Waals surface area contributed by atoms with Crippen molar-refractivity contribution in [3.8, 4) is 5.75 Å². The van der Waals surface area contributed by atoms with Crippen LogP contribution in [0.15, 0.2) is 42.5 Å². The van der Waals surface area contributed by atoms with Crippen LogP contribution in [0.1, 0.15) is 28.8 Å². The monoisotopic (exact) mass is 356 g/mol. The minimum absolute atomic E-state index is 0.0579. The molecule has 1 amide bonds. The fourth-order valence-electron chi connectivity index (χ4n) is 2.74. The number of nitro benzene ring substituents is 1. The molecule has 1 atom stereocenters. The van der Waals surface area contributed by atoms with Crippen LogP contribution < -0.4 is 10.1 Å². The summed E-state index contributed by atoms with van der Waals surface area (Å²) < 4.78 is 11.4. The lowest BCUT2D eigenvalue weighted by Crippen LogP contribution is -2.18. The second kappa shape index (κ2) is 7.97. The maximum Gasteiger partial charge on any atom is 0.269 e. The van der Waals surface area contributed by atoms with Crippen molar-refractivity contribution in [2.75, 3.05) is 18.5 Å². The highest BCUT2D eigenvalue weighted by molar-refractivity contribution is 6.05. The lowest BCUT2D eigenvalue weighted by Gasteiger charge is -2.16. The van der Waals surface area contributed by atoms with E-state index in [-0.39, 0.29) is 17.7 Å². The van der Waals surface area contributed by atoms with Gasteiger partial charge in [-0.15, -0.1) is 0 Å². The predicted molar refractivity (Wildman–Crippen MR) is 96.7 cm³/mol. The van der Waals surface area contributed by atoms with Crippen molar-refractivity contribution in [1.29, 1.82) is 0 Å². The van der Waals surface area contributed by atoms with Crippen molar-refractivity contribution in [3.05, 3.63) is 63.7 Å². The van der Waals surface area contributed by atoms with Crippen molar-refractivity contribution in [3.63, 3.8) is 0 Å². The Morgan fingerprint density at radius 2 is 2.08 bits per heavy atom. The maximum atomic E-state index is 12.4. The second-order valence-corrected chi connectivity index (χ2v) is 6.20. The third-order valence-corrected chi connectivity index (χ3v) is 4.17. The van der Waals surface area contributed by atoms with Gasteiger partial charge in [0.15, 0.2) is 0 Å². The topological polar surface area (TPSA) is 90.7 Å². The van der Waals surface area contributed by atoms with Gasteiger partial charge >= 0.3 is 0 Å². The molecule has 2 aromatic carbocycles. The molecule has 2 aromatic rings. The number of nitrogens with one attached hydrogen (secondary N) is 1. The zero-order valence-electron chi connectivity index (χ0n) is 14.4. The van der Waals surface area contributed by atoms with Crippen LogP contribution in [0, 0.1) is 17.0 Å². The Morgan fingerprint density at radius 3 is 2.73 bits per heavy atom. The highest BCUT2D eigenvalue weighted by Gasteiger charge is 2.18. The van der Waals surface area contributed by atoms with Crippen LogP contribution >= 0.6 is 0 Å². The van der Waals surface area contributed by atoms with Gasteiger partial charge in [0.1, 0.15) is 12.4 Å². The highest BCUT2D eigenvalue weighted by Crippen LogP contribution is 2.27. The molecule has 1 N–H and O–H groups in total. The molecule has 1 fully saturated rings. The number of amides is 1. The number of rotatable bonds is 6. The number of carbonyl (C=O) groups is 1. The van der Waals surface area contributed by atoms with Gasteiger partial charge < -0.3 is 14.8 Å². The first-order chi connectivity index (χ1) is 12.5. The molecule has 3 rings (SSSR count). The zero-order chi connectivity index (χ0) is 18.5. The minimum Gasteiger partial charge on any atom is -0.489 e. The molecule has 7 heteroatoms. The van der Waals surface area contributed by atoms with Crippen molar-refractivity contribution in [2.45, 2.75) is 25.9 Å². The standard InChI is InChI=1S/C19H20N2O5/c1-13-4-9-17(18(11-13)26-12-16-3-2-10-25-16)20-19(22)14-5-7-15(8-6-14)21(23)24/h4-9,11,16H,2-3,10,12H2,1H3,(H,20,22). The SMILES string of the molecule is Cc1ccc(NC(=O)c2ccc([N+](=O)[O-])cc2)c(OCC2CCCO2)c1. The number of carbonyl (C=O) groups excluding carboxylic acids is 1. The number of hydrogen-bond donors (Lipinski definition) is 1. The number of benzene rings is 2. The van der Waals surface area contributed by atoms with E-state index in [1.165, 1.54) is 24.3 Å². The lowest BCUT2D eigenvalue weighted by atomic mass is 10.1. The third-order valence-electron chi connectivity index (χ3n) is 4.17. The zero-order valence-corrected chi connectivity index (χ0v) is 14.4. The van der Waals surface area contributed by atoms with Crippen LogP contribution in [0.2, 0.25) is 0 Å². The summed E-state index contributed by atoms with van der Waals surface area (Å²) in [4.78, 5) is 22.6. The number of non-ortho nitro benzene ring substituents is 1. The smallest absolute Gasteiger partial charge is 0.269 e. The van der Waals surface area contributed by atoms with Crippen LogP contribution in [0.3, 0.4) is 0 Å². The van der Waals surface area contributed by atoms with Crippen LogP contribution in [0.25, 0.3) is 0 Å². The van der Waals surface area contributed by atoms with E-state index in [9.17, 15) is 14.9 Å². The maximum absolute atomic E-state index is 12.4. The Kier molecular flexibility index (Phi) is 5.48. The molecule has 1 aliphatic rings. The molecule has 0 aromatic heterocycles. The molecule has 0 spiro atoms. The summed E-state index contributed by atoms with van der Waals surface area (Å²) in [7, 11) is 0. The summed E-state index contributed by atoms with van der Waals surface area (Å²) in [6.07, 6.45) is 2.08. The molecule has 0 bridgehead atoms. The summed E-state index contributed by atoms with van der Waals surface area (Å²) in [5.41, 5.74) is 1.84. The van der Waals surface area contributed by atoms with Gasteiger partial charge in [0, 0.05) is 24.3 Å². The first-order valence-corrected chi connectivity index (χ1v) is 8.44. The van der Waals surface area contributed by atoms with Crippen molar-refractivity contribution < 1.29 is 19.2 Å². The first kappa shape index (κ1) is 17.9. The van der Waals surface area contributed by atoms with Crippen LogP contribution in [-0.4, -0.2) is 30.1 Å². The molecule has 136 valence electrons. The third kappa shape index (κ3) is 4.37. The van der Waals surface area contributed by atoms with Crippen molar-refractivity contribution in [1.82, 2.24) is 0 Å². The fraction of sp³-hybridized carbons (Fsp3) is 0.316. The molecule has 0 aliphatic carbocycles. The minimum atomic E-state index is -0.501. The van der Waals surface area contributed by atoms with Gasteiger partial charge in [-0.3, -0.25) is 14.9 Å². The van der Waals surface area contributed by atoms with Gasteiger partial charge in [-0.1, -0.05) is 6.07 Å². The Labute approximate surface area is 151 Å². The molecule has 1 heterocycles. The summed E-state index contributed by atoms with van der Waals surface area (Å²) in [6.45, 7) is 3.14. The van der Waals surface area contributed by atoms with Gasteiger partial charge in [0.2, 0.25) is 0 Å². The fourth-order valence-corrected chi connectivity index (χ4v) is 2.74. The Balaban J connectivity index is 1.71. The number of nitro groups is 1. The average molecular weight is 356 g/mol. The number of anilines is 1. The van der Waals surface area contributed by atoms with Gasteiger partial charge in [-0.25, -0.2) is 0 Å². The van der Waals surface area contributed by atoms with E-state index in [0.717, 1.165) is 25.0 Å². The van der Waals surface area contributed by atoms with Crippen LogP contribution in [0.5, 0.6) is 5.75 Å². The van der Waals surface area contributed by atoms with E-state index < -0.39 is 4.92 Å². The van der Waals surface area contributed by atoms with E-state index in [2.05, 4.69) is 5.32 Å². The Hall–Kier alpha value is -2.93. The normalized spacial score (nSPS) is 16.3.